The van der Waals surface area contributed by atoms with Crippen molar-refractivity contribution in [3.63, 3.8) is 0 Å². The second kappa shape index (κ2) is 6.08. The molecule has 0 aliphatic carbocycles. The molecule has 0 saturated heterocycles. The molecule has 3 N–H and O–H groups in total. The summed E-state index contributed by atoms with van der Waals surface area (Å²) in [4.78, 5) is 14.6. The Bertz CT molecular complexity index is 157. The Labute approximate surface area is 59.7 Å². The Morgan fingerprint density at radius 2 is 2.50 bits per heavy atom. The lowest BCUT2D eigenvalue weighted by Crippen LogP contribution is -2.28. The average Bonchev–Trinajstić information content (AvgIpc) is 1.89. The van der Waals surface area contributed by atoms with Crippen LogP contribution in [0.25, 0.3) is 0 Å². The Hall–Kier alpha value is -1.05. The zero-order valence-electron chi connectivity index (χ0n) is 5.81. The van der Waals surface area contributed by atoms with Crippen molar-refractivity contribution in [3.8, 4) is 11.8 Å². The Morgan fingerprint density at radius 1 is 1.80 bits per heavy atom. The maximum atomic E-state index is 10.5. The van der Waals surface area contributed by atoms with Crippen molar-refractivity contribution in [1.29, 1.82) is 0 Å². The van der Waals surface area contributed by atoms with Gasteiger partial charge in [-0.3, -0.25) is 9.63 Å². The van der Waals surface area contributed by atoms with E-state index < -0.39 is 0 Å². The fourth-order valence-corrected chi connectivity index (χ4v) is 0.358. The van der Waals surface area contributed by atoms with E-state index in [0.29, 0.717) is 6.54 Å². The second-order valence-electron chi connectivity index (χ2n) is 1.51. The van der Waals surface area contributed by atoms with Crippen LogP contribution in [0.15, 0.2) is 0 Å². The summed E-state index contributed by atoms with van der Waals surface area (Å²) in [6, 6.07) is 0. The molecule has 0 spiro atoms. The fraction of sp³-hybridized carbons (Fsp3) is 0.500. The van der Waals surface area contributed by atoms with Crippen molar-refractivity contribution in [2.75, 3.05) is 13.2 Å². The number of carbonyl (C=O) groups excluding carboxylic acids is 1. The molecular weight excluding hydrogens is 132 g/mol. The number of nitrogens with one attached hydrogen (secondary N) is 1. The van der Waals surface area contributed by atoms with E-state index in [1.807, 2.05) is 0 Å². The van der Waals surface area contributed by atoms with Crippen molar-refractivity contribution in [2.24, 2.45) is 5.90 Å². The van der Waals surface area contributed by atoms with Crippen molar-refractivity contribution in [1.82, 2.24) is 5.32 Å². The van der Waals surface area contributed by atoms with E-state index in [-0.39, 0.29) is 12.5 Å². The van der Waals surface area contributed by atoms with Gasteiger partial charge in [0.25, 0.3) is 0 Å². The quantitative estimate of drug-likeness (QED) is 0.393. The number of nitrogens with two attached hydrogens (primary N) is 1. The van der Waals surface area contributed by atoms with Crippen LogP contribution in [-0.4, -0.2) is 19.1 Å². The van der Waals surface area contributed by atoms with Gasteiger partial charge in [-0.1, -0.05) is 5.92 Å². The van der Waals surface area contributed by atoms with Gasteiger partial charge in [-0.05, 0) is 6.92 Å². The molecule has 4 nitrogen and oxygen atoms in total. The zero-order chi connectivity index (χ0) is 7.82. The van der Waals surface area contributed by atoms with E-state index >= 15 is 0 Å². The molecule has 0 saturated carbocycles. The normalized spacial score (nSPS) is 7.80. The molecule has 0 fully saturated rings. The number of hydrogen-bond acceptors (Lipinski definition) is 3. The first-order valence-electron chi connectivity index (χ1n) is 2.79. The monoisotopic (exact) mass is 142 g/mol. The summed E-state index contributed by atoms with van der Waals surface area (Å²) in [5.74, 6) is 9.67. The zero-order valence-corrected chi connectivity index (χ0v) is 5.81. The summed E-state index contributed by atoms with van der Waals surface area (Å²) in [6.45, 7) is 1.93. The van der Waals surface area contributed by atoms with E-state index in [0.717, 1.165) is 0 Å². The molecule has 56 valence electrons. The third kappa shape index (κ3) is 5.09. The first-order valence-corrected chi connectivity index (χ1v) is 2.79. The summed E-state index contributed by atoms with van der Waals surface area (Å²) >= 11 is 0. The van der Waals surface area contributed by atoms with E-state index in [9.17, 15) is 4.79 Å². The minimum Gasteiger partial charge on any atom is -0.343 e. The van der Waals surface area contributed by atoms with Crippen LogP contribution >= 0.6 is 0 Å². The lowest BCUT2D eigenvalue weighted by atomic mass is 10.5. The molecule has 0 aromatic rings. The third-order valence-corrected chi connectivity index (χ3v) is 0.765. The summed E-state index contributed by atoms with van der Waals surface area (Å²) in [6.07, 6.45) is 0. The second-order valence-corrected chi connectivity index (χ2v) is 1.51. The highest BCUT2D eigenvalue weighted by Crippen LogP contribution is 1.64. The molecule has 0 radical (unpaired) electrons. The topological polar surface area (TPSA) is 64.3 Å². The van der Waals surface area contributed by atoms with Crippen LogP contribution in [0.4, 0.5) is 0 Å². The minimum absolute atomic E-state index is 0.120. The van der Waals surface area contributed by atoms with E-state index in [4.69, 9.17) is 0 Å². The minimum atomic E-state index is -0.259. The highest BCUT2D eigenvalue weighted by atomic mass is 16.6. The van der Waals surface area contributed by atoms with Crippen molar-refractivity contribution >= 4 is 5.91 Å². The molecular formula is C6H10N2O2. The van der Waals surface area contributed by atoms with Crippen molar-refractivity contribution in [3.05, 3.63) is 0 Å². The summed E-state index contributed by atoms with van der Waals surface area (Å²) < 4.78 is 0. The molecule has 0 aromatic heterocycles. The van der Waals surface area contributed by atoms with Gasteiger partial charge in [0.2, 0.25) is 5.91 Å². The maximum Gasteiger partial charge on any atom is 0.248 e. The van der Waals surface area contributed by atoms with Crippen LogP contribution in [0.2, 0.25) is 0 Å². The first-order chi connectivity index (χ1) is 4.81. The van der Waals surface area contributed by atoms with Crippen LogP contribution < -0.4 is 11.2 Å². The number of carbonyl (C=O) groups is 1. The molecule has 1 amide bonds. The molecule has 0 heterocycles. The smallest absolute Gasteiger partial charge is 0.248 e. The molecule has 0 unspecified atom stereocenters. The van der Waals surface area contributed by atoms with E-state index in [1.54, 1.807) is 6.92 Å². The highest BCUT2D eigenvalue weighted by molar-refractivity contribution is 5.77. The van der Waals surface area contributed by atoms with Gasteiger partial charge in [-0.25, -0.2) is 5.90 Å². The molecule has 0 bridgehead atoms. The largest absolute Gasteiger partial charge is 0.343 e. The van der Waals surface area contributed by atoms with Gasteiger partial charge in [-0.2, -0.15) is 0 Å². The molecule has 0 aliphatic heterocycles. The molecule has 0 aromatic carbocycles. The van der Waals surface area contributed by atoms with Crippen LogP contribution in [0.3, 0.4) is 0 Å². The van der Waals surface area contributed by atoms with Gasteiger partial charge in [-0.15, -0.1) is 5.92 Å². The molecule has 0 aliphatic rings. The number of hydrogen-bond donors (Lipinski definition) is 2. The van der Waals surface area contributed by atoms with E-state index in [2.05, 4.69) is 27.9 Å². The Balaban J connectivity index is 3.27. The molecule has 0 rings (SSSR count). The molecule has 0 atom stereocenters. The summed E-state index contributed by atoms with van der Waals surface area (Å²) in [5, 5.41) is 2.47. The van der Waals surface area contributed by atoms with Gasteiger partial charge < -0.3 is 5.32 Å². The van der Waals surface area contributed by atoms with Crippen LogP contribution in [0.5, 0.6) is 0 Å². The highest BCUT2D eigenvalue weighted by Gasteiger charge is 1.95. The van der Waals surface area contributed by atoms with Crippen LogP contribution in [-0.2, 0) is 9.63 Å². The van der Waals surface area contributed by atoms with Gasteiger partial charge in [0.15, 0.2) is 0 Å². The number of rotatable bonds is 3. The standard InChI is InChI=1S/C6H10N2O2/c1-2-3-4-8-6(9)5-10-7/h4-5,7H2,1H3,(H,8,9). The maximum absolute atomic E-state index is 10.5. The van der Waals surface area contributed by atoms with Gasteiger partial charge in [0.1, 0.15) is 6.61 Å². The average molecular weight is 142 g/mol. The van der Waals surface area contributed by atoms with E-state index in [1.165, 1.54) is 0 Å². The molecule has 10 heavy (non-hydrogen) atoms. The lowest BCUT2D eigenvalue weighted by Gasteiger charge is -1.96. The first kappa shape index (κ1) is 8.95. The van der Waals surface area contributed by atoms with Crippen LogP contribution in [0.1, 0.15) is 6.92 Å². The van der Waals surface area contributed by atoms with Gasteiger partial charge >= 0.3 is 0 Å². The summed E-state index contributed by atoms with van der Waals surface area (Å²) in [5.41, 5.74) is 0. The van der Waals surface area contributed by atoms with Gasteiger partial charge in [0.05, 0.1) is 6.54 Å². The fourth-order valence-electron chi connectivity index (χ4n) is 0.358. The van der Waals surface area contributed by atoms with Crippen LogP contribution in [0, 0.1) is 11.8 Å². The predicted molar refractivity (Wildman–Crippen MR) is 36.6 cm³/mol. The predicted octanol–water partition coefficient (Wildman–Crippen LogP) is -0.984. The third-order valence-electron chi connectivity index (χ3n) is 0.765. The Morgan fingerprint density at radius 3 is 3.00 bits per heavy atom. The number of amides is 1. The van der Waals surface area contributed by atoms with Gasteiger partial charge in [0, 0.05) is 0 Å². The summed E-state index contributed by atoms with van der Waals surface area (Å²) in [7, 11) is 0. The Kier molecular flexibility index (Phi) is 5.44. The molecule has 4 heteroatoms. The van der Waals surface area contributed by atoms with Crippen molar-refractivity contribution < 1.29 is 9.63 Å². The lowest BCUT2D eigenvalue weighted by molar-refractivity contribution is -0.125. The van der Waals surface area contributed by atoms with Crippen molar-refractivity contribution in [2.45, 2.75) is 6.92 Å². The SMILES string of the molecule is CC#CCNC(=O)CON.